The number of halogens is 3. The fourth-order valence-electron chi connectivity index (χ4n) is 4.95. The molecule has 1 saturated heterocycles. The fourth-order valence-corrected chi connectivity index (χ4v) is 4.95. The molecule has 9 heteroatoms. The largest absolute Gasteiger partial charge is 0.464 e. The summed E-state index contributed by atoms with van der Waals surface area (Å²) in [4.78, 5) is 21.2. The van der Waals surface area contributed by atoms with Crippen molar-refractivity contribution in [1.82, 2.24) is 14.8 Å². The van der Waals surface area contributed by atoms with E-state index in [1.54, 1.807) is 36.7 Å². The number of hydrogen-bond acceptors (Lipinski definition) is 6. The van der Waals surface area contributed by atoms with Crippen molar-refractivity contribution in [2.45, 2.75) is 51.0 Å². The van der Waals surface area contributed by atoms with Gasteiger partial charge < -0.3 is 10.5 Å². The van der Waals surface area contributed by atoms with Crippen LogP contribution in [0, 0.1) is 0 Å². The van der Waals surface area contributed by atoms with Crippen LogP contribution in [0.3, 0.4) is 0 Å². The molecule has 3 aromatic rings. The van der Waals surface area contributed by atoms with Gasteiger partial charge in [-0.2, -0.15) is 13.2 Å². The topological polar surface area (TPSA) is 71.7 Å². The second kappa shape index (κ2) is 12.9. The van der Waals surface area contributed by atoms with E-state index in [0.29, 0.717) is 13.0 Å². The molecule has 1 aliphatic rings. The van der Waals surface area contributed by atoms with E-state index in [0.717, 1.165) is 55.0 Å². The summed E-state index contributed by atoms with van der Waals surface area (Å²) in [6, 6.07) is 18.7. The normalized spacial score (nSPS) is 17.1. The van der Waals surface area contributed by atoms with Gasteiger partial charge in [0, 0.05) is 57.7 Å². The summed E-state index contributed by atoms with van der Waals surface area (Å²) in [5, 5.41) is 0. The molecule has 40 heavy (non-hydrogen) atoms. The van der Waals surface area contributed by atoms with E-state index in [1.807, 2.05) is 24.3 Å². The third kappa shape index (κ3) is 7.47. The fraction of sp³-hybridized carbons (Fsp3) is 0.419. The van der Waals surface area contributed by atoms with Crippen LogP contribution in [0.25, 0.3) is 11.1 Å². The molecule has 0 aliphatic carbocycles. The predicted octanol–water partition coefficient (Wildman–Crippen LogP) is 5.17. The number of ether oxygens (including phenoxy) is 1. The van der Waals surface area contributed by atoms with Gasteiger partial charge in [-0.15, -0.1) is 0 Å². The maximum absolute atomic E-state index is 13.4. The van der Waals surface area contributed by atoms with Crippen molar-refractivity contribution < 1.29 is 22.7 Å². The molecular formula is C31H37F3N4O2. The molecule has 0 saturated carbocycles. The lowest BCUT2D eigenvalue weighted by molar-refractivity contribution is -0.180. The van der Waals surface area contributed by atoms with Crippen molar-refractivity contribution in [3.8, 4) is 11.1 Å². The summed E-state index contributed by atoms with van der Waals surface area (Å²) in [7, 11) is 0. The van der Waals surface area contributed by atoms with Gasteiger partial charge in [-0.3, -0.25) is 19.6 Å². The Hall–Kier alpha value is -3.27. The average Bonchev–Trinajstić information content (AvgIpc) is 2.94. The van der Waals surface area contributed by atoms with Crippen molar-refractivity contribution >= 4 is 5.97 Å². The average molecular weight is 555 g/mol. The molecule has 4 rings (SSSR count). The minimum atomic E-state index is -4.32. The Morgan fingerprint density at radius 1 is 0.925 bits per heavy atom. The smallest absolute Gasteiger partial charge is 0.397 e. The van der Waals surface area contributed by atoms with Crippen LogP contribution in [0.1, 0.15) is 37.0 Å². The molecule has 0 radical (unpaired) electrons. The summed E-state index contributed by atoms with van der Waals surface area (Å²) < 4.78 is 45.5. The van der Waals surface area contributed by atoms with Gasteiger partial charge in [0.05, 0.1) is 11.8 Å². The van der Waals surface area contributed by atoms with Gasteiger partial charge in [-0.1, -0.05) is 48.5 Å². The van der Waals surface area contributed by atoms with Crippen LogP contribution >= 0.6 is 0 Å². The number of carbonyl (C=O) groups excluding carboxylic acids is 1. The van der Waals surface area contributed by atoms with E-state index in [2.05, 4.69) is 26.9 Å². The van der Waals surface area contributed by atoms with Crippen molar-refractivity contribution in [2.75, 3.05) is 32.8 Å². The van der Waals surface area contributed by atoms with Crippen LogP contribution in [0.4, 0.5) is 13.2 Å². The number of pyridine rings is 1. The molecule has 0 spiro atoms. The molecule has 0 unspecified atom stereocenters. The van der Waals surface area contributed by atoms with Gasteiger partial charge >= 0.3 is 12.1 Å². The Bertz CT molecular complexity index is 1230. The molecule has 214 valence electrons. The number of rotatable bonds is 10. The first-order valence-electron chi connectivity index (χ1n) is 13.5. The number of benzene rings is 2. The van der Waals surface area contributed by atoms with E-state index < -0.39 is 11.6 Å². The number of alkyl halides is 3. The van der Waals surface area contributed by atoms with Crippen LogP contribution in [0.2, 0.25) is 0 Å². The van der Waals surface area contributed by atoms with Gasteiger partial charge in [0.1, 0.15) is 6.61 Å². The zero-order valence-electron chi connectivity index (χ0n) is 23.0. The number of hydrogen-bond donors (Lipinski definition) is 1. The molecule has 0 amide bonds. The molecule has 1 atom stereocenters. The maximum atomic E-state index is 13.4. The van der Waals surface area contributed by atoms with E-state index >= 15 is 0 Å². The van der Waals surface area contributed by atoms with Gasteiger partial charge in [0.2, 0.25) is 0 Å². The van der Waals surface area contributed by atoms with Gasteiger partial charge in [-0.25, -0.2) is 0 Å². The number of aromatic nitrogens is 1. The number of carbonyl (C=O) groups is 1. The molecule has 2 aromatic carbocycles. The Morgan fingerprint density at radius 2 is 1.52 bits per heavy atom. The van der Waals surface area contributed by atoms with Crippen LogP contribution in [0.15, 0.2) is 73.1 Å². The number of esters is 1. The first kappa shape index (κ1) is 29.7. The van der Waals surface area contributed by atoms with Gasteiger partial charge in [0.25, 0.3) is 0 Å². The maximum Gasteiger partial charge on any atom is 0.397 e. The zero-order valence-corrected chi connectivity index (χ0v) is 23.0. The minimum absolute atomic E-state index is 0.00549. The van der Waals surface area contributed by atoms with E-state index in [-0.39, 0.29) is 24.2 Å². The zero-order chi connectivity index (χ0) is 28.8. The summed E-state index contributed by atoms with van der Waals surface area (Å²) in [5.74, 6) is -0.244. The highest BCUT2D eigenvalue weighted by atomic mass is 19.4. The lowest BCUT2D eigenvalue weighted by Gasteiger charge is -2.41. The standard InChI is InChI=1S/C31H37F3N4O2/c1-30(2,31(32,33)34)27-9-7-26(8-10-27)25-5-3-23(4-6-25)20-37-16-17-38(21-24-11-14-36-15-12-24)28(22-37)19-29(39)40-18-13-35/h3-12,14-15,28H,13,16-22,35H2,1-2H3/t28-/m0/s1. The van der Waals surface area contributed by atoms with E-state index in [4.69, 9.17) is 10.5 Å². The lowest BCUT2D eigenvalue weighted by atomic mass is 9.83. The first-order valence-corrected chi connectivity index (χ1v) is 13.5. The number of piperazine rings is 1. The van der Waals surface area contributed by atoms with Crippen LogP contribution in [0.5, 0.6) is 0 Å². The highest BCUT2D eigenvalue weighted by Crippen LogP contribution is 2.40. The Balaban J connectivity index is 1.40. The minimum Gasteiger partial charge on any atom is -0.464 e. The first-order chi connectivity index (χ1) is 19.1. The van der Waals surface area contributed by atoms with Gasteiger partial charge in [0.15, 0.2) is 0 Å². The third-order valence-electron chi connectivity index (χ3n) is 7.62. The van der Waals surface area contributed by atoms with E-state index in [9.17, 15) is 18.0 Å². The highest BCUT2D eigenvalue weighted by Gasteiger charge is 2.48. The number of nitrogens with zero attached hydrogens (tertiary/aromatic N) is 3. The van der Waals surface area contributed by atoms with Crippen molar-refractivity contribution in [3.63, 3.8) is 0 Å². The Kier molecular flexibility index (Phi) is 9.60. The molecule has 1 aliphatic heterocycles. The second-order valence-corrected chi connectivity index (χ2v) is 10.8. The lowest BCUT2D eigenvalue weighted by Crippen LogP contribution is -2.53. The molecule has 2 N–H and O–H groups in total. The molecule has 1 fully saturated rings. The summed E-state index contributed by atoms with van der Waals surface area (Å²) in [5.41, 5.74) is 7.92. The Morgan fingerprint density at radius 3 is 2.12 bits per heavy atom. The van der Waals surface area contributed by atoms with Crippen molar-refractivity contribution in [1.29, 1.82) is 0 Å². The van der Waals surface area contributed by atoms with Crippen molar-refractivity contribution in [2.24, 2.45) is 5.73 Å². The molecule has 2 heterocycles. The summed E-state index contributed by atoms with van der Waals surface area (Å²) >= 11 is 0. The summed E-state index contributed by atoms with van der Waals surface area (Å²) in [6.45, 7) is 6.78. The van der Waals surface area contributed by atoms with Crippen LogP contribution < -0.4 is 5.73 Å². The molecule has 6 nitrogen and oxygen atoms in total. The molecule has 1 aromatic heterocycles. The number of nitrogens with two attached hydrogens (primary N) is 1. The summed E-state index contributed by atoms with van der Waals surface area (Å²) in [6.07, 6.45) is -0.471. The monoisotopic (exact) mass is 554 g/mol. The Labute approximate surface area is 233 Å². The predicted molar refractivity (Wildman–Crippen MR) is 149 cm³/mol. The van der Waals surface area contributed by atoms with E-state index in [1.165, 1.54) is 13.8 Å². The highest BCUT2D eigenvalue weighted by molar-refractivity contribution is 5.70. The van der Waals surface area contributed by atoms with Gasteiger partial charge in [-0.05, 0) is 53.8 Å². The second-order valence-electron chi connectivity index (χ2n) is 10.8. The third-order valence-corrected chi connectivity index (χ3v) is 7.62. The quantitative estimate of drug-likeness (QED) is 0.349. The molecule has 0 bridgehead atoms. The SMILES string of the molecule is CC(C)(c1ccc(-c2ccc(CN3CCN(Cc4ccncc4)[C@@H](CC(=O)OCCN)C3)cc2)cc1)C(F)(F)F. The van der Waals surface area contributed by atoms with Crippen molar-refractivity contribution in [3.05, 3.63) is 89.7 Å². The van der Waals surface area contributed by atoms with Crippen LogP contribution in [-0.4, -0.2) is 65.8 Å². The molecular weight excluding hydrogens is 517 g/mol. The van der Waals surface area contributed by atoms with Crippen LogP contribution in [-0.2, 0) is 28.0 Å².